The van der Waals surface area contributed by atoms with Crippen LogP contribution in [0.2, 0.25) is 0 Å². The summed E-state index contributed by atoms with van der Waals surface area (Å²) in [5.41, 5.74) is 7.54. The molecule has 0 bridgehead atoms. The van der Waals surface area contributed by atoms with Gasteiger partial charge < -0.3 is 10.5 Å². The molecule has 3 aromatic rings. The lowest BCUT2D eigenvalue weighted by atomic mass is 10.1. The third-order valence-corrected chi connectivity index (χ3v) is 4.52. The van der Waals surface area contributed by atoms with Crippen LogP contribution in [0.5, 0.6) is 0 Å². The summed E-state index contributed by atoms with van der Waals surface area (Å²) < 4.78 is 4.66. The second-order valence-corrected chi connectivity index (χ2v) is 5.85. The maximum atomic E-state index is 11.4. The number of pyridine rings is 2. The van der Waals surface area contributed by atoms with E-state index in [0.717, 1.165) is 26.7 Å². The van der Waals surface area contributed by atoms with E-state index in [4.69, 9.17) is 5.73 Å². The van der Waals surface area contributed by atoms with E-state index in [-0.39, 0.29) is 0 Å². The van der Waals surface area contributed by atoms with Crippen LogP contribution in [0.4, 0.5) is 0 Å². The lowest BCUT2D eigenvalue weighted by molar-refractivity contribution is -0.141. The first kappa shape index (κ1) is 14.7. The monoisotopic (exact) mass is 313 g/mol. The molecule has 0 radical (unpaired) electrons. The SMILES string of the molecule is COC(=O)[C@@H](N)CSc1cc2cccnc2c2ncccc12. The predicted molar refractivity (Wildman–Crippen MR) is 87.8 cm³/mol. The highest BCUT2D eigenvalue weighted by Gasteiger charge is 2.15. The summed E-state index contributed by atoms with van der Waals surface area (Å²) in [5.74, 6) is 0.0417. The Morgan fingerprint density at radius 1 is 1.27 bits per heavy atom. The molecule has 112 valence electrons. The van der Waals surface area contributed by atoms with E-state index in [2.05, 4.69) is 20.8 Å². The van der Waals surface area contributed by atoms with Gasteiger partial charge in [0.25, 0.3) is 0 Å². The number of benzene rings is 1. The average molecular weight is 313 g/mol. The van der Waals surface area contributed by atoms with Gasteiger partial charge in [0.1, 0.15) is 6.04 Å². The number of carbonyl (C=O) groups excluding carboxylic acids is 1. The maximum absolute atomic E-state index is 11.4. The molecular weight excluding hydrogens is 298 g/mol. The lowest BCUT2D eigenvalue weighted by Crippen LogP contribution is -2.33. The second kappa shape index (κ2) is 6.29. The number of hydrogen-bond acceptors (Lipinski definition) is 6. The van der Waals surface area contributed by atoms with Crippen molar-refractivity contribution in [1.29, 1.82) is 0 Å². The van der Waals surface area contributed by atoms with Crippen LogP contribution in [0.1, 0.15) is 0 Å². The largest absolute Gasteiger partial charge is 0.468 e. The molecule has 1 aromatic carbocycles. The van der Waals surface area contributed by atoms with Crippen LogP contribution >= 0.6 is 11.8 Å². The number of nitrogens with two attached hydrogens (primary N) is 1. The minimum absolute atomic E-state index is 0.405. The van der Waals surface area contributed by atoms with Crippen LogP contribution < -0.4 is 5.73 Å². The molecule has 0 saturated heterocycles. The number of nitrogens with zero attached hydrogens (tertiary/aromatic N) is 2. The second-order valence-electron chi connectivity index (χ2n) is 4.79. The van der Waals surface area contributed by atoms with Gasteiger partial charge in [0, 0.05) is 33.8 Å². The van der Waals surface area contributed by atoms with Gasteiger partial charge >= 0.3 is 5.97 Å². The van der Waals surface area contributed by atoms with Crippen LogP contribution in [0.3, 0.4) is 0 Å². The molecule has 0 unspecified atom stereocenters. The first-order valence-corrected chi connectivity index (χ1v) is 7.78. The van der Waals surface area contributed by atoms with Crippen molar-refractivity contribution >= 4 is 39.5 Å². The molecule has 0 spiro atoms. The molecule has 1 atom stereocenters. The molecule has 0 fully saturated rings. The Hall–Kier alpha value is -2.18. The van der Waals surface area contributed by atoms with Crippen molar-refractivity contribution in [2.45, 2.75) is 10.9 Å². The quantitative estimate of drug-likeness (QED) is 0.452. The minimum Gasteiger partial charge on any atom is -0.468 e. The number of rotatable bonds is 4. The molecule has 0 saturated carbocycles. The fourth-order valence-corrected chi connectivity index (χ4v) is 3.29. The molecule has 2 heterocycles. The molecule has 5 nitrogen and oxygen atoms in total. The van der Waals surface area contributed by atoms with Crippen LogP contribution in [-0.2, 0) is 9.53 Å². The van der Waals surface area contributed by atoms with Gasteiger partial charge in [0.2, 0.25) is 0 Å². The number of ether oxygens (including phenoxy) is 1. The number of carbonyl (C=O) groups is 1. The highest BCUT2D eigenvalue weighted by Crippen LogP contribution is 2.32. The molecule has 0 amide bonds. The Kier molecular flexibility index (Phi) is 4.22. The number of esters is 1. The number of thioether (sulfide) groups is 1. The fraction of sp³-hybridized carbons (Fsp3) is 0.188. The van der Waals surface area contributed by atoms with Gasteiger partial charge in [0.15, 0.2) is 0 Å². The summed E-state index contributed by atoms with van der Waals surface area (Å²) in [6.45, 7) is 0. The third-order valence-electron chi connectivity index (χ3n) is 3.35. The Morgan fingerprint density at radius 3 is 2.77 bits per heavy atom. The van der Waals surface area contributed by atoms with Crippen molar-refractivity contribution in [3.63, 3.8) is 0 Å². The van der Waals surface area contributed by atoms with Crippen molar-refractivity contribution < 1.29 is 9.53 Å². The lowest BCUT2D eigenvalue weighted by Gasteiger charge is -2.11. The average Bonchev–Trinajstić information content (AvgIpc) is 2.58. The van der Waals surface area contributed by atoms with Crippen molar-refractivity contribution in [2.24, 2.45) is 5.73 Å². The summed E-state index contributed by atoms with van der Waals surface area (Å²) in [6, 6.07) is 9.20. The Labute approximate surface area is 131 Å². The van der Waals surface area contributed by atoms with Crippen LogP contribution in [-0.4, -0.2) is 34.8 Å². The van der Waals surface area contributed by atoms with Gasteiger partial charge in [-0.05, 0) is 18.2 Å². The molecule has 3 rings (SSSR count). The standard InChI is InChI=1S/C16H15N3O2S/c1-21-16(20)12(17)9-22-13-8-10-4-2-6-18-14(10)15-11(13)5-3-7-19-15/h2-8,12H,9,17H2,1H3/t12-/m0/s1. The maximum Gasteiger partial charge on any atom is 0.323 e. The highest BCUT2D eigenvalue weighted by atomic mass is 32.2. The molecule has 22 heavy (non-hydrogen) atoms. The van der Waals surface area contributed by atoms with E-state index >= 15 is 0 Å². The minimum atomic E-state index is -0.647. The number of hydrogen-bond donors (Lipinski definition) is 1. The van der Waals surface area contributed by atoms with Gasteiger partial charge in [-0.1, -0.05) is 12.1 Å². The zero-order valence-corrected chi connectivity index (χ0v) is 12.8. The highest BCUT2D eigenvalue weighted by molar-refractivity contribution is 7.99. The van der Waals surface area contributed by atoms with E-state index in [1.807, 2.05) is 24.3 Å². The predicted octanol–water partition coefficient (Wildman–Crippen LogP) is 2.38. The third kappa shape index (κ3) is 2.75. The van der Waals surface area contributed by atoms with Crippen molar-refractivity contribution in [1.82, 2.24) is 9.97 Å². The molecule has 0 aliphatic heterocycles. The zero-order chi connectivity index (χ0) is 15.5. The van der Waals surface area contributed by atoms with Crippen molar-refractivity contribution in [2.75, 3.05) is 12.9 Å². The number of fused-ring (bicyclic) bond motifs is 3. The topological polar surface area (TPSA) is 78.1 Å². The van der Waals surface area contributed by atoms with E-state index < -0.39 is 12.0 Å². The van der Waals surface area contributed by atoms with Gasteiger partial charge in [0.05, 0.1) is 18.1 Å². The van der Waals surface area contributed by atoms with Crippen LogP contribution in [0.15, 0.2) is 47.6 Å². The molecule has 0 aliphatic rings. The summed E-state index contributed by atoms with van der Waals surface area (Å²) in [5, 5.41) is 2.03. The van der Waals surface area contributed by atoms with E-state index in [0.29, 0.717) is 5.75 Å². The summed E-state index contributed by atoms with van der Waals surface area (Å²) in [7, 11) is 1.34. The number of methoxy groups -OCH3 is 1. The van der Waals surface area contributed by atoms with Crippen LogP contribution in [0, 0.1) is 0 Å². The van der Waals surface area contributed by atoms with Gasteiger partial charge in [-0.3, -0.25) is 14.8 Å². The van der Waals surface area contributed by atoms with Crippen molar-refractivity contribution in [3.8, 4) is 0 Å². The Balaban J connectivity index is 2.02. The Morgan fingerprint density at radius 2 is 2.00 bits per heavy atom. The summed E-state index contributed by atoms with van der Waals surface area (Å²) >= 11 is 1.52. The smallest absolute Gasteiger partial charge is 0.323 e. The normalized spacial score (nSPS) is 12.5. The van der Waals surface area contributed by atoms with Crippen molar-refractivity contribution in [3.05, 3.63) is 42.7 Å². The summed E-state index contributed by atoms with van der Waals surface area (Å²) in [4.78, 5) is 21.3. The van der Waals surface area contributed by atoms with E-state index in [1.165, 1.54) is 18.9 Å². The molecule has 6 heteroatoms. The first-order valence-electron chi connectivity index (χ1n) is 6.79. The van der Waals surface area contributed by atoms with Gasteiger partial charge in [-0.2, -0.15) is 0 Å². The van der Waals surface area contributed by atoms with Crippen LogP contribution in [0.25, 0.3) is 21.8 Å². The molecule has 0 aliphatic carbocycles. The van der Waals surface area contributed by atoms with Gasteiger partial charge in [-0.25, -0.2) is 0 Å². The number of aromatic nitrogens is 2. The van der Waals surface area contributed by atoms with Gasteiger partial charge in [-0.15, -0.1) is 11.8 Å². The zero-order valence-electron chi connectivity index (χ0n) is 12.0. The molecule has 2 N–H and O–H groups in total. The van der Waals surface area contributed by atoms with E-state index in [9.17, 15) is 4.79 Å². The first-order chi connectivity index (χ1) is 10.7. The van der Waals surface area contributed by atoms with E-state index in [1.54, 1.807) is 12.4 Å². The Bertz CT molecular complexity index is 838. The summed E-state index contributed by atoms with van der Waals surface area (Å²) in [6.07, 6.45) is 3.52. The fourth-order valence-electron chi connectivity index (χ4n) is 2.26. The molecular formula is C16H15N3O2S. The molecule has 2 aromatic heterocycles.